The van der Waals surface area contributed by atoms with Crippen LogP contribution < -0.4 is 5.32 Å². The number of amides is 1. The van der Waals surface area contributed by atoms with E-state index in [1.807, 2.05) is 0 Å². The Labute approximate surface area is 132 Å². The molecule has 1 N–H and O–H groups in total. The smallest absolute Gasteiger partial charge is 0.254 e. The minimum Gasteiger partial charge on any atom is -0.379 e. The summed E-state index contributed by atoms with van der Waals surface area (Å²) in [7, 11) is 0. The summed E-state index contributed by atoms with van der Waals surface area (Å²) in [5, 5.41) is 2.82. The molecule has 1 fully saturated rings. The molecule has 1 aromatic carbocycles. The molecule has 0 saturated carbocycles. The van der Waals surface area contributed by atoms with Crippen molar-refractivity contribution < 1.29 is 13.9 Å². The van der Waals surface area contributed by atoms with Crippen molar-refractivity contribution in [1.29, 1.82) is 0 Å². The molecule has 0 radical (unpaired) electrons. The molecule has 1 aromatic rings. The van der Waals surface area contributed by atoms with Crippen LogP contribution in [0, 0.1) is 5.82 Å². The van der Waals surface area contributed by atoms with Gasteiger partial charge < -0.3 is 10.1 Å². The molecule has 21 heavy (non-hydrogen) atoms. The van der Waals surface area contributed by atoms with E-state index >= 15 is 0 Å². The van der Waals surface area contributed by atoms with Gasteiger partial charge in [0.1, 0.15) is 5.82 Å². The lowest BCUT2D eigenvalue weighted by molar-refractivity contribution is -0.00924. The quantitative estimate of drug-likeness (QED) is 0.898. The monoisotopic (exact) mass is 358 g/mol. The summed E-state index contributed by atoms with van der Waals surface area (Å²) in [6.45, 7) is 7.68. The average molecular weight is 359 g/mol. The molecule has 2 rings (SSSR count). The highest BCUT2D eigenvalue weighted by atomic mass is 79.9. The van der Waals surface area contributed by atoms with E-state index in [0.29, 0.717) is 24.2 Å². The summed E-state index contributed by atoms with van der Waals surface area (Å²) in [6, 6.07) is 4.35. The molecule has 1 aliphatic rings. The number of ether oxygens (including phenoxy) is 1. The molecule has 0 aliphatic carbocycles. The van der Waals surface area contributed by atoms with Crippen molar-refractivity contribution in [2.75, 3.05) is 32.8 Å². The van der Waals surface area contributed by atoms with Crippen molar-refractivity contribution in [2.45, 2.75) is 19.4 Å². The van der Waals surface area contributed by atoms with Gasteiger partial charge in [0.2, 0.25) is 0 Å². The molecular formula is C15H20BrFN2O2. The zero-order valence-electron chi connectivity index (χ0n) is 12.3. The Kier molecular flexibility index (Phi) is 5.35. The molecule has 0 atom stereocenters. The van der Waals surface area contributed by atoms with Gasteiger partial charge in [0.25, 0.3) is 5.91 Å². The molecule has 1 heterocycles. The van der Waals surface area contributed by atoms with Crippen molar-refractivity contribution >= 4 is 21.8 Å². The van der Waals surface area contributed by atoms with Crippen LogP contribution in [0.15, 0.2) is 22.7 Å². The minimum absolute atomic E-state index is 0.0575. The normalized spacial score (nSPS) is 16.8. The summed E-state index contributed by atoms with van der Waals surface area (Å²) in [5.74, 6) is -0.907. The first-order valence-corrected chi connectivity index (χ1v) is 7.75. The second-order valence-corrected chi connectivity index (χ2v) is 6.63. The van der Waals surface area contributed by atoms with Gasteiger partial charge in [0.05, 0.1) is 18.8 Å². The van der Waals surface area contributed by atoms with E-state index in [-0.39, 0.29) is 11.1 Å². The lowest BCUT2D eigenvalue weighted by Gasteiger charge is -2.40. The molecule has 0 aromatic heterocycles. The van der Waals surface area contributed by atoms with Gasteiger partial charge in [0, 0.05) is 29.6 Å². The van der Waals surface area contributed by atoms with Crippen LogP contribution in [-0.4, -0.2) is 49.2 Å². The molecule has 1 aliphatic heterocycles. The Morgan fingerprint density at radius 1 is 1.43 bits per heavy atom. The zero-order chi connectivity index (χ0) is 15.5. The fraction of sp³-hybridized carbons (Fsp3) is 0.533. The molecule has 116 valence electrons. The summed E-state index contributed by atoms with van der Waals surface area (Å²) in [4.78, 5) is 14.4. The first kappa shape index (κ1) is 16.4. The average Bonchev–Trinajstić information content (AvgIpc) is 2.48. The highest BCUT2D eigenvalue weighted by molar-refractivity contribution is 9.10. The summed E-state index contributed by atoms with van der Waals surface area (Å²) in [5.41, 5.74) is -0.135. The third-order valence-electron chi connectivity index (χ3n) is 3.72. The van der Waals surface area contributed by atoms with Crippen molar-refractivity contribution in [3.8, 4) is 0 Å². The first-order chi connectivity index (χ1) is 9.90. The van der Waals surface area contributed by atoms with Gasteiger partial charge in [-0.25, -0.2) is 4.39 Å². The number of nitrogens with zero attached hydrogens (tertiary/aromatic N) is 1. The highest BCUT2D eigenvalue weighted by Crippen LogP contribution is 2.17. The SMILES string of the molecule is CC(C)(CNC(=O)c1cc(Br)ccc1F)N1CCOCC1. The van der Waals surface area contributed by atoms with Gasteiger partial charge in [-0.3, -0.25) is 9.69 Å². The minimum atomic E-state index is -0.514. The van der Waals surface area contributed by atoms with E-state index in [9.17, 15) is 9.18 Å². The Bertz CT molecular complexity index is 516. The predicted octanol–water partition coefficient (Wildman–Crippen LogP) is 2.43. The molecule has 6 heteroatoms. The lowest BCUT2D eigenvalue weighted by atomic mass is 10.0. The highest BCUT2D eigenvalue weighted by Gasteiger charge is 2.29. The van der Waals surface area contributed by atoms with E-state index in [2.05, 4.69) is 40.0 Å². The Balaban J connectivity index is 1.98. The Hall–Kier alpha value is -0.980. The summed E-state index contributed by atoms with van der Waals surface area (Å²) >= 11 is 3.25. The fourth-order valence-electron chi connectivity index (χ4n) is 2.34. The zero-order valence-corrected chi connectivity index (χ0v) is 13.9. The van der Waals surface area contributed by atoms with E-state index in [1.165, 1.54) is 12.1 Å². The van der Waals surface area contributed by atoms with Crippen LogP contribution in [0.25, 0.3) is 0 Å². The second-order valence-electron chi connectivity index (χ2n) is 5.72. The number of benzene rings is 1. The lowest BCUT2D eigenvalue weighted by Crippen LogP contribution is -2.55. The van der Waals surface area contributed by atoms with Crippen LogP contribution in [-0.2, 0) is 4.74 Å². The van der Waals surface area contributed by atoms with Crippen molar-refractivity contribution in [3.63, 3.8) is 0 Å². The first-order valence-electron chi connectivity index (χ1n) is 6.96. The van der Waals surface area contributed by atoms with E-state index in [1.54, 1.807) is 6.07 Å². The predicted molar refractivity (Wildman–Crippen MR) is 82.9 cm³/mol. The Morgan fingerprint density at radius 2 is 2.10 bits per heavy atom. The second kappa shape index (κ2) is 6.85. The van der Waals surface area contributed by atoms with Gasteiger partial charge in [0.15, 0.2) is 0 Å². The van der Waals surface area contributed by atoms with Crippen molar-refractivity contribution in [1.82, 2.24) is 10.2 Å². The number of carbonyl (C=O) groups is 1. The number of morpholine rings is 1. The van der Waals surface area contributed by atoms with Crippen LogP contribution in [0.2, 0.25) is 0 Å². The molecule has 1 saturated heterocycles. The number of carbonyl (C=O) groups excluding carboxylic acids is 1. The standard InChI is InChI=1S/C15H20BrFN2O2/c1-15(2,19-5-7-21-8-6-19)10-18-14(20)12-9-11(16)3-4-13(12)17/h3-4,9H,5-8,10H2,1-2H3,(H,18,20). The fourth-order valence-corrected chi connectivity index (χ4v) is 2.70. The third kappa shape index (κ3) is 4.25. The molecule has 0 spiro atoms. The molecule has 0 unspecified atom stereocenters. The third-order valence-corrected chi connectivity index (χ3v) is 4.21. The molecule has 0 bridgehead atoms. The largest absolute Gasteiger partial charge is 0.379 e. The number of hydrogen-bond donors (Lipinski definition) is 1. The van der Waals surface area contributed by atoms with Gasteiger partial charge >= 0.3 is 0 Å². The van der Waals surface area contributed by atoms with Crippen LogP contribution in [0.5, 0.6) is 0 Å². The van der Waals surface area contributed by atoms with E-state index < -0.39 is 11.7 Å². The van der Waals surface area contributed by atoms with E-state index in [0.717, 1.165) is 13.1 Å². The summed E-state index contributed by atoms with van der Waals surface area (Å²) < 4.78 is 19.7. The van der Waals surface area contributed by atoms with Crippen LogP contribution in [0.1, 0.15) is 24.2 Å². The maximum absolute atomic E-state index is 13.7. The molecule has 1 amide bonds. The van der Waals surface area contributed by atoms with Gasteiger partial charge in [-0.15, -0.1) is 0 Å². The topological polar surface area (TPSA) is 41.6 Å². The van der Waals surface area contributed by atoms with Crippen LogP contribution in [0.3, 0.4) is 0 Å². The number of halogens is 2. The van der Waals surface area contributed by atoms with Gasteiger partial charge in [-0.1, -0.05) is 15.9 Å². The molecular weight excluding hydrogens is 339 g/mol. The number of hydrogen-bond acceptors (Lipinski definition) is 3. The maximum atomic E-state index is 13.7. The Morgan fingerprint density at radius 3 is 2.76 bits per heavy atom. The van der Waals surface area contributed by atoms with Crippen LogP contribution >= 0.6 is 15.9 Å². The van der Waals surface area contributed by atoms with E-state index in [4.69, 9.17) is 4.74 Å². The van der Waals surface area contributed by atoms with Crippen LogP contribution in [0.4, 0.5) is 4.39 Å². The van der Waals surface area contributed by atoms with Crippen molar-refractivity contribution in [3.05, 3.63) is 34.1 Å². The van der Waals surface area contributed by atoms with Crippen molar-refractivity contribution in [2.24, 2.45) is 0 Å². The van der Waals surface area contributed by atoms with Gasteiger partial charge in [-0.05, 0) is 32.0 Å². The summed E-state index contributed by atoms with van der Waals surface area (Å²) in [6.07, 6.45) is 0. The number of rotatable bonds is 4. The maximum Gasteiger partial charge on any atom is 0.254 e. The van der Waals surface area contributed by atoms with Gasteiger partial charge in [-0.2, -0.15) is 0 Å². The molecule has 4 nitrogen and oxygen atoms in total. The number of nitrogens with one attached hydrogen (secondary N) is 1.